The lowest BCUT2D eigenvalue weighted by Gasteiger charge is -2.33. The second-order valence-electron chi connectivity index (χ2n) is 8.93. The number of nitrogens with zero attached hydrogens (tertiary/aromatic N) is 3. The summed E-state index contributed by atoms with van der Waals surface area (Å²) in [6, 6.07) is 11.4. The maximum absolute atomic E-state index is 12.8. The van der Waals surface area contributed by atoms with Crippen molar-refractivity contribution in [2.45, 2.75) is 38.4 Å². The number of carbonyl (C=O) groups is 1. The Kier molecular flexibility index (Phi) is 7.83. The van der Waals surface area contributed by atoms with Gasteiger partial charge in [0.2, 0.25) is 0 Å². The van der Waals surface area contributed by atoms with Gasteiger partial charge in [0.05, 0.1) is 11.3 Å². The molecule has 2 N–H and O–H groups in total. The van der Waals surface area contributed by atoms with Crippen molar-refractivity contribution < 1.29 is 22.7 Å². The van der Waals surface area contributed by atoms with E-state index in [1.165, 1.54) is 31.4 Å². The molecule has 192 valence electrons. The predicted octanol–water partition coefficient (Wildman–Crippen LogP) is 6.00. The number of piperidine rings is 1. The Bertz CT molecular complexity index is 1180. The Morgan fingerprint density at radius 1 is 1.08 bits per heavy atom. The number of halogens is 3. The first kappa shape index (κ1) is 25.6. The molecule has 36 heavy (non-hydrogen) atoms. The highest BCUT2D eigenvalue weighted by Crippen LogP contribution is 2.33. The van der Waals surface area contributed by atoms with Gasteiger partial charge >= 0.3 is 12.2 Å². The van der Waals surface area contributed by atoms with Crippen molar-refractivity contribution in [1.82, 2.24) is 14.7 Å². The molecular weight excluding hydrogens is 471 g/mol. The number of amides is 2. The monoisotopic (exact) mass is 501 g/mol. The molecule has 10 heteroatoms. The van der Waals surface area contributed by atoms with Gasteiger partial charge in [-0.1, -0.05) is 6.42 Å². The first-order chi connectivity index (χ1) is 17.2. The molecule has 0 saturated carbocycles. The molecule has 1 aromatic heterocycles. The van der Waals surface area contributed by atoms with Crippen LogP contribution in [0.2, 0.25) is 0 Å². The molecule has 2 aromatic carbocycles. The Hall–Kier alpha value is -3.53. The Labute approximate surface area is 208 Å². The van der Waals surface area contributed by atoms with Gasteiger partial charge in [0.1, 0.15) is 12.4 Å². The molecule has 2 heterocycles. The van der Waals surface area contributed by atoms with E-state index in [1.54, 1.807) is 29.1 Å². The van der Waals surface area contributed by atoms with Gasteiger partial charge < -0.3 is 15.4 Å². The van der Waals surface area contributed by atoms with Crippen LogP contribution in [0.3, 0.4) is 0 Å². The summed E-state index contributed by atoms with van der Waals surface area (Å²) in [7, 11) is 1.83. The first-order valence-electron chi connectivity index (χ1n) is 12.0. The topological polar surface area (TPSA) is 71.4 Å². The minimum Gasteiger partial charge on any atom is -0.492 e. The van der Waals surface area contributed by atoms with Gasteiger partial charge in [0, 0.05) is 42.8 Å². The normalized spacial score (nSPS) is 16.5. The van der Waals surface area contributed by atoms with Gasteiger partial charge in [0.25, 0.3) is 0 Å². The Balaban J connectivity index is 1.44. The van der Waals surface area contributed by atoms with E-state index in [2.05, 4.69) is 27.6 Å². The number of alkyl halides is 3. The van der Waals surface area contributed by atoms with Crippen LogP contribution < -0.4 is 15.4 Å². The van der Waals surface area contributed by atoms with Crippen LogP contribution in [0.15, 0.2) is 54.7 Å². The zero-order chi connectivity index (χ0) is 25.7. The number of aromatic nitrogens is 2. The lowest BCUT2D eigenvalue weighted by Crippen LogP contribution is -2.39. The molecule has 0 spiro atoms. The van der Waals surface area contributed by atoms with Gasteiger partial charge in [-0.05, 0) is 74.8 Å². The van der Waals surface area contributed by atoms with Crippen LogP contribution in [-0.4, -0.2) is 46.4 Å². The highest BCUT2D eigenvalue weighted by molar-refractivity contribution is 6.00. The molecule has 1 aliphatic rings. The lowest BCUT2D eigenvalue weighted by molar-refractivity contribution is -0.137. The van der Waals surface area contributed by atoms with E-state index >= 15 is 0 Å². The van der Waals surface area contributed by atoms with E-state index in [9.17, 15) is 18.0 Å². The summed E-state index contributed by atoms with van der Waals surface area (Å²) in [6.07, 6.45) is 0.934. The van der Waals surface area contributed by atoms with Crippen LogP contribution >= 0.6 is 0 Å². The summed E-state index contributed by atoms with van der Waals surface area (Å²) >= 11 is 0. The summed E-state index contributed by atoms with van der Waals surface area (Å²) in [5.74, 6) is 0.678. The summed E-state index contributed by atoms with van der Waals surface area (Å²) < 4.78 is 46.1. The number of benzene rings is 2. The smallest absolute Gasteiger partial charge is 0.416 e. The van der Waals surface area contributed by atoms with Gasteiger partial charge in [-0.2, -0.15) is 18.3 Å². The molecule has 3 aromatic rings. The molecule has 1 saturated heterocycles. The molecule has 4 rings (SSSR count). The fraction of sp³-hybridized carbons (Fsp3) is 0.385. The Morgan fingerprint density at radius 3 is 2.47 bits per heavy atom. The number of carbonyl (C=O) groups excluding carboxylic acids is 1. The number of rotatable bonds is 7. The number of ether oxygens (including phenoxy) is 1. The van der Waals surface area contributed by atoms with Crippen molar-refractivity contribution in [1.29, 1.82) is 0 Å². The van der Waals surface area contributed by atoms with Crippen molar-refractivity contribution in [3.8, 4) is 17.0 Å². The molecule has 1 fully saturated rings. The molecule has 7 nitrogen and oxygen atoms in total. The zero-order valence-electron chi connectivity index (χ0n) is 20.3. The molecule has 0 bridgehead atoms. The van der Waals surface area contributed by atoms with Crippen LogP contribution in [0, 0.1) is 0 Å². The van der Waals surface area contributed by atoms with Crippen molar-refractivity contribution >= 4 is 17.4 Å². The van der Waals surface area contributed by atoms with Crippen LogP contribution in [0.5, 0.6) is 5.75 Å². The number of anilines is 2. The van der Waals surface area contributed by atoms with Crippen LogP contribution in [0.4, 0.5) is 29.3 Å². The third-order valence-corrected chi connectivity index (χ3v) is 6.38. The average Bonchev–Trinajstić information content (AvgIpc) is 3.26. The summed E-state index contributed by atoms with van der Waals surface area (Å²) in [5.41, 5.74) is 1.57. The van der Waals surface area contributed by atoms with Crippen molar-refractivity contribution in [2.75, 3.05) is 30.3 Å². The number of hydrogen-bond acceptors (Lipinski definition) is 4. The second-order valence-corrected chi connectivity index (χ2v) is 8.93. The zero-order valence-corrected chi connectivity index (χ0v) is 20.3. The minimum atomic E-state index is -4.43. The number of likely N-dealkylation sites (tertiary alicyclic amines) is 1. The molecule has 1 unspecified atom stereocenters. The number of hydrogen-bond donors (Lipinski definition) is 2. The maximum Gasteiger partial charge on any atom is 0.416 e. The van der Waals surface area contributed by atoms with E-state index < -0.39 is 17.8 Å². The van der Waals surface area contributed by atoms with Gasteiger partial charge in [-0.25, -0.2) is 4.79 Å². The first-order valence-corrected chi connectivity index (χ1v) is 12.0. The highest BCUT2D eigenvalue weighted by Gasteiger charge is 2.30. The predicted molar refractivity (Wildman–Crippen MR) is 133 cm³/mol. The van der Waals surface area contributed by atoms with Gasteiger partial charge in [-0.15, -0.1) is 0 Å². The van der Waals surface area contributed by atoms with Crippen LogP contribution in [0.25, 0.3) is 11.3 Å². The molecule has 0 aliphatic carbocycles. The van der Waals surface area contributed by atoms with Crippen LogP contribution in [-0.2, 0) is 13.2 Å². The number of aryl methyl sites for hydroxylation is 1. The van der Waals surface area contributed by atoms with E-state index in [0.29, 0.717) is 24.1 Å². The Morgan fingerprint density at radius 2 is 1.81 bits per heavy atom. The fourth-order valence-corrected chi connectivity index (χ4v) is 4.37. The van der Waals surface area contributed by atoms with E-state index in [-0.39, 0.29) is 5.69 Å². The van der Waals surface area contributed by atoms with Crippen LogP contribution in [0.1, 0.15) is 31.7 Å². The van der Waals surface area contributed by atoms with Gasteiger partial charge in [0.15, 0.2) is 0 Å². The standard InChI is InChI=1S/C26H30F3N5O2/c1-18-5-3-4-14-34(18)15-16-36-24-11-10-21(17-22(24)23-12-13-30-33(23)2)32-25(35)31-20-8-6-19(7-9-20)26(27,28)29/h6-13,17-18H,3-5,14-16H2,1-2H3,(H2,31,32,35). The van der Waals surface area contributed by atoms with Crippen molar-refractivity contribution in [2.24, 2.45) is 7.05 Å². The SMILES string of the molecule is CC1CCCCN1CCOc1ccc(NC(=O)Nc2ccc(C(F)(F)F)cc2)cc1-c1ccnn1C. The van der Waals surface area contributed by atoms with Crippen molar-refractivity contribution in [3.63, 3.8) is 0 Å². The fourth-order valence-electron chi connectivity index (χ4n) is 4.37. The number of urea groups is 1. The van der Waals surface area contributed by atoms with E-state index in [1.807, 2.05) is 13.1 Å². The third-order valence-electron chi connectivity index (χ3n) is 6.38. The average molecular weight is 502 g/mol. The second kappa shape index (κ2) is 11.0. The molecule has 1 atom stereocenters. The maximum atomic E-state index is 12.8. The lowest BCUT2D eigenvalue weighted by atomic mass is 10.0. The molecule has 1 aliphatic heterocycles. The van der Waals surface area contributed by atoms with E-state index in [4.69, 9.17) is 4.74 Å². The van der Waals surface area contributed by atoms with Crippen molar-refractivity contribution in [3.05, 3.63) is 60.3 Å². The molecular formula is C26H30F3N5O2. The molecule has 0 radical (unpaired) electrons. The summed E-state index contributed by atoms with van der Waals surface area (Å²) in [4.78, 5) is 14.9. The van der Waals surface area contributed by atoms with E-state index in [0.717, 1.165) is 36.5 Å². The summed E-state index contributed by atoms with van der Waals surface area (Å²) in [5, 5.41) is 9.53. The quantitative estimate of drug-likeness (QED) is 0.416. The van der Waals surface area contributed by atoms with Gasteiger partial charge in [-0.3, -0.25) is 9.58 Å². The largest absolute Gasteiger partial charge is 0.492 e. The number of nitrogens with one attached hydrogen (secondary N) is 2. The highest BCUT2D eigenvalue weighted by atomic mass is 19.4. The minimum absolute atomic E-state index is 0.249. The summed E-state index contributed by atoms with van der Waals surface area (Å²) in [6.45, 7) is 4.70. The molecule has 2 amide bonds. The third kappa shape index (κ3) is 6.37.